The van der Waals surface area contributed by atoms with Crippen molar-refractivity contribution in [1.29, 1.82) is 5.41 Å². The zero-order chi connectivity index (χ0) is 10.6. The second-order valence-corrected chi connectivity index (χ2v) is 2.27. The molecule has 0 saturated heterocycles. The molecule has 0 aliphatic carbocycles. The van der Waals surface area contributed by atoms with Gasteiger partial charge in [-0.05, 0) is 6.92 Å². The van der Waals surface area contributed by atoms with Gasteiger partial charge in [0.25, 0.3) is 0 Å². The van der Waals surface area contributed by atoms with E-state index in [0.29, 0.717) is 0 Å². The third-order valence-electron chi connectivity index (χ3n) is 1.07. The number of hydrogen-bond acceptors (Lipinski definition) is 2. The molecule has 0 saturated carbocycles. The van der Waals surface area contributed by atoms with E-state index < -0.39 is 24.1 Å². The molecule has 0 amide bonds. The van der Waals surface area contributed by atoms with Crippen molar-refractivity contribution in [2.75, 3.05) is 0 Å². The Bertz CT molecular complexity index is 226. The molecule has 0 bridgehead atoms. The van der Waals surface area contributed by atoms with E-state index in [2.05, 4.69) is 4.99 Å². The van der Waals surface area contributed by atoms with Crippen LogP contribution in [0.4, 0.5) is 13.2 Å². The zero-order valence-electron chi connectivity index (χ0n) is 7.22. The lowest BCUT2D eigenvalue weighted by Crippen LogP contribution is -2.42. The van der Waals surface area contributed by atoms with Gasteiger partial charge in [0.05, 0.1) is 0 Å². The van der Waals surface area contributed by atoms with E-state index in [9.17, 15) is 13.2 Å². The van der Waals surface area contributed by atoms with Crippen LogP contribution in [0.5, 0.6) is 0 Å². The van der Waals surface area contributed by atoms with Gasteiger partial charge in [0.1, 0.15) is 6.04 Å². The van der Waals surface area contributed by atoms with E-state index in [-0.39, 0.29) is 12.4 Å². The quantitative estimate of drug-likeness (QED) is 0.383. The summed E-state index contributed by atoms with van der Waals surface area (Å²) in [5.41, 5.74) is 9.80. The summed E-state index contributed by atoms with van der Waals surface area (Å²) in [5, 5.41) is 8.58. The number of halogens is 4. The van der Waals surface area contributed by atoms with Crippen molar-refractivity contribution in [2.45, 2.75) is 19.1 Å². The van der Waals surface area contributed by atoms with E-state index in [1.807, 2.05) is 5.32 Å². The standard InChI is InChI=1S/C5H10F3N5.ClH/c1-2(5(6,7)8)12-4(11)13-3(9)10;/h2H,1H3,(H6,9,10,11,12,13);1H/t2-;/m1./s1. The van der Waals surface area contributed by atoms with Gasteiger partial charge in [0.2, 0.25) is 0 Å². The first-order valence-corrected chi connectivity index (χ1v) is 3.24. The zero-order valence-corrected chi connectivity index (χ0v) is 8.04. The van der Waals surface area contributed by atoms with Gasteiger partial charge in [0.15, 0.2) is 11.9 Å². The average molecular weight is 234 g/mol. The highest BCUT2D eigenvalue weighted by molar-refractivity contribution is 5.95. The Morgan fingerprint density at radius 2 is 1.86 bits per heavy atom. The number of aliphatic imine (C=N–C) groups is 1. The number of nitrogens with zero attached hydrogens (tertiary/aromatic N) is 1. The largest absolute Gasteiger partial charge is 0.410 e. The molecule has 0 aromatic heterocycles. The smallest absolute Gasteiger partial charge is 0.370 e. The summed E-state index contributed by atoms with van der Waals surface area (Å²) in [4.78, 5) is 3.03. The molecule has 0 rings (SSSR count). The molecule has 5 nitrogen and oxygen atoms in total. The minimum atomic E-state index is -4.44. The van der Waals surface area contributed by atoms with Gasteiger partial charge < -0.3 is 11.5 Å². The molecular formula is C5H11ClF3N5. The highest BCUT2D eigenvalue weighted by Gasteiger charge is 2.36. The lowest BCUT2D eigenvalue weighted by atomic mass is 10.3. The molecule has 14 heavy (non-hydrogen) atoms. The lowest BCUT2D eigenvalue weighted by molar-refractivity contribution is -0.142. The number of alkyl halides is 3. The van der Waals surface area contributed by atoms with Gasteiger partial charge in [-0.2, -0.15) is 13.2 Å². The van der Waals surface area contributed by atoms with E-state index in [4.69, 9.17) is 16.9 Å². The van der Waals surface area contributed by atoms with E-state index in [1.165, 1.54) is 0 Å². The molecule has 0 fully saturated rings. The van der Waals surface area contributed by atoms with Crippen molar-refractivity contribution < 1.29 is 13.2 Å². The summed E-state index contributed by atoms with van der Waals surface area (Å²) in [5.74, 6) is -1.09. The van der Waals surface area contributed by atoms with Crippen LogP contribution in [0.2, 0.25) is 0 Å². The van der Waals surface area contributed by atoms with Gasteiger partial charge in [-0.25, -0.2) is 4.99 Å². The van der Waals surface area contributed by atoms with Crippen LogP contribution < -0.4 is 16.8 Å². The van der Waals surface area contributed by atoms with Crippen LogP contribution in [0, 0.1) is 5.41 Å². The molecule has 1 atom stereocenters. The Kier molecular flexibility index (Phi) is 6.04. The average Bonchev–Trinajstić information content (AvgIpc) is 1.82. The van der Waals surface area contributed by atoms with Crippen LogP contribution in [0.3, 0.4) is 0 Å². The Morgan fingerprint density at radius 1 is 1.43 bits per heavy atom. The fourth-order valence-electron chi connectivity index (χ4n) is 0.452. The predicted molar refractivity (Wildman–Crippen MR) is 49.4 cm³/mol. The monoisotopic (exact) mass is 233 g/mol. The number of hydrogen-bond donors (Lipinski definition) is 4. The molecule has 0 spiro atoms. The summed E-state index contributed by atoms with van der Waals surface area (Å²) in [6.45, 7) is 0.842. The van der Waals surface area contributed by atoms with Crippen LogP contribution in [0.15, 0.2) is 4.99 Å². The summed E-state index contributed by atoms with van der Waals surface area (Å²) >= 11 is 0. The first-order chi connectivity index (χ1) is 5.73. The minimum absolute atomic E-state index is 0. The Morgan fingerprint density at radius 3 is 2.14 bits per heavy atom. The van der Waals surface area contributed by atoms with E-state index in [1.54, 1.807) is 0 Å². The maximum Gasteiger partial charge on any atom is 0.410 e. The van der Waals surface area contributed by atoms with E-state index in [0.717, 1.165) is 6.92 Å². The van der Waals surface area contributed by atoms with Gasteiger partial charge in [0, 0.05) is 0 Å². The molecule has 6 N–H and O–H groups in total. The molecule has 0 aromatic carbocycles. The second-order valence-electron chi connectivity index (χ2n) is 2.27. The van der Waals surface area contributed by atoms with Crippen molar-refractivity contribution >= 4 is 24.3 Å². The maximum absolute atomic E-state index is 11.9. The molecule has 0 heterocycles. The third-order valence-corrected chi connectivity index (χ3v) is 1.07. The first kappa shape index (κ1) is 15.3. The molecule has 0 aliphatic rings. The molecule has 0 radical (unpaired) electrons. The number of rotatable bonds is 1. The van der Waals surface area contributed by atoms with Crippen LogP contribution in [-0.4, -0.2) is 24.1 Å². The molecule has 9 heteroatoms. The van der Waals surface area contributed by atoms with Crippen LogP contribution >= 0.6 is 12.4 Å². The molecule has 0 aromatic rings. The molecular weight excluding hydrogens is 223 g/mol. The molecule has 84 valence electrons. The van der Waals surface area contributed by atoms with Crippen molar-refractivity contribution in [3.8, 4) is 0 Å². The normalized spacial score (nSPS) is 14.1. The van der Waals surface area contributed by atoms with Gasteiger partial charge in [-0.15, -0.1) is 12.4 Å². The fraction of sp³-hybridized carbons (Fsp3) is 0.600. The topological polar surface area (TPSA) is 100 Å². The van der Waals surface area contributed by atoms with Crippen LogP contribution in [0.25, 0.3) is 0 Å². The summed E-state index contributed by atoms with van der Waals surface area (Å²) in [6, 6.07) is -1.92. The Hall–Kier alpha value is -1.18. The highest BCUT2D eigenvalue weighted by Crippen LogP contribution is 2.21. The van der Waals surface area contributed by atoms with Crippen molar-refractivity contribution in [3.63, 3.8) is 0 Å². The Labute approximate surface area is 84.7 Å². The van der Waals surface area contributed by atoms with E-state index >= 15 is 0 Å². The summed E-state index contributed by atoms with van der Waals surface area (Å²) in [7, 11) is 0. The summed E-state index contributed by atoms with van der Waals surface area (Å²) in [6.07, 6.45) is -4.44. The SMILES string of the molecule is C[C@@H](N=C(N)NC(=N)N)C(F)(F)F.Cl. The van der Waals surface area contributed by atoms with Crippen molar-refractivity contribution in [2.24, 2.45) is 16.5 Å². The van der Waals surface area contributed by atoms with Crippen molar-refractivity contribution in [1.82, 2.24) is 5.32 Å². The second kappa shape index (κ2) is 5.53. The molecule has 0 aliphatic heterocycles. The van der Waals surface area contributed by atoms with Gasteiger partial charge in [-0.1, -0.05) is 0 Å². The molecule has 0 unspecified atom stereocenters. The minimum Gasteiger partial charge on any atom is -0.370 e. The third kappa shape index (κ3) is 6.35. The van der Waals surface area contributed by atoms with Gasteiger partial charge in [-0.3, -0.25) is 10.7 Å². The lowest BCUT2D eigenvalue weighted by Gasteiger charge is -2.12. The summed E-state index contributed by atoms with van der Waals surface area (Å²) < 4.78 is 35.6. The number of nitrogens with one attached hydrogen (secondary N) is 2. The van der Waals surface area contributed by atoms with Crippen LogP contribution in [0.1, 0.15) is 6.92 Å². The first-order valence-electron chi connectivity index (χ1n) is 3.24. The maximum atomic E-state index is 11.9. The Balaban J connectivity index is 0. The highest BCUT2D eigenvalue weighted by atomic mass is 35.5. The van der Waals surface area contributed by atoms with Gasteiger partial charge >= 0.3 is 6.18 Å². The number of guanidine groups is 2. The van der Waals surface area contributed by atoms with Crippen LogP contribution in [-0.2, 0) is 0 Å². The predicted octanol–water partition coefficient (Wildman–Crippen LogP) is 0.157. The fourth-order valence-corrected chi connectivity index (χ4v) is 0.452. The van der Waals surface area contributed by atoms with Crippen molar-refractivity contribution in [3.05, 3.63) is 0 Å². The number of nitrogens with two attached hydrogens (primary N) is 2.